The van der Waals surface area contributed by atoms with Crippen LogP contribution in [0.4, 0.5) is 11.6 Å². The number of nitrogen functional groups attached to an aromatic ring is 1. The minimum Gasteiger partial charge on any atom is -0.383 e. The molecule has 5 nitrogen and oxygen atoms in total. The first kappa shape index (κ1) is 13.7. The van der Waals surface area contributed by atoms with Crippen LogP contribution in [0.3, 0.4) is 0 Å². The number of hydrogen-bond acceptors (Lipinski definition) is 5. The number of aromatic nitrogens is 2. The van der Waals surface area contributed by atoms with Gasteiger partial charge in [-0.3, -0.25) is 0 Å². The van der Waals surface area contributed by atoms with Gasteiger partial charge < -0.3 is 15.8 Å². The van der Waals surface area contributed by atoms with Crippen LogP contribution in [-0.4, -0.2) is 28.7 Å². The predicted octanol–water partition coefficient (Wildman–Crippen LogP) is 1.90. The molecule has 0 atom stereocenters. The Hall–Kier alpha value is -1.36. The Morgan fingerprint density at radius 2 is 1.94 bits per heavy atom. The molecule has 0 aromatic carbocycles. The zero-order chi connectivity index (χ0) is 13.1. The van der Waals surface area contributed by atoms with Gasteiger partial charge in [-0.2, -0.15) is 0 Å². The van der Waals surface area contributed by atoms with Gasteiger partial charge in [0.05, 0.1) is 5.60 Å². The van der Waals surface area contributed by atoms with Crippen molar-refractivity contribution in [3.8, 4) is 0 Å². The molecule has 17 heavy (non-hydrogen) atoms. The molecule has 0 amide bonds. The molecule has 1 aromatic rings. The van der Waals surface area contributed by atoms with Gasteiger partial charge in [0, 0.05) is 18.7 Å². The number of hydrogen-bond donors (Lipinski definition) is 2. The molecule has 0 aliphatic carbocycles. The van der Waals surface area contributed by atoms with Crippen molar-refractivity contribution in [1.29, 1.82) is 0 Å². The molecule has 0 saturated carbocycles. The Bertz CT molecular complexity index is 390. The van der Waals surface area contributed by atoms with Crippen LogP contribution in [0.5, 0.6) is 0 Å². The normalized spacial score (nSPS) is 11.6. The average molecular weight is 238 g/mol. The van der Waals surface area contributed by atoms with Crippen LogP contribution < -0.4 is 11.1 Å². The first-order chi connectivity index (χ1) is 7.85. The van der Waals surface area contributed by atoms with E-state index < -0.39 is 0 Å². The van der Waals surface area contributed by atoms with E-state index >= 15 is 0 Å². The summed E-state index contributed by atoms with van der Waals surface area (Å²) in [5.74, 6) is 1.97. The molecule has 0 radical (unpaired) electrons. The lowest BCUT2D eigenvalue weighted by atomic mass is 10.1. The molecule has 0 unspecified atom stereocenters. The van der Waals surface area contributed by atoms with Crippen molar-refractivity contribution in [3.63, 3.8) is 0 Å². The summed E-state index contributed by atoms with van der Waals surface area (Å²) in [6.07, 6.45) is 0. The lowest BCUT2D eigenvalue weighted by Gasteiger charge is -2.25. The van der Waals surface area contributed by atoms with Gasteiger partial charge in [-0.15, -0.1) is 0 Å². The molecular formula is C12H22N4O. The molecule has 0 saturated heterocycles. The Kier molecular flexibility index (Phi) is 4.28. The van der Waals surface area contributed by atoms with Crippen molar-refractivity contribution < 1.29 is 4.74 Å². The zero-order valence-electron chi connectivity index (χ0n) is 11.3. The number of anilines is 2. The molecule has 0 aliphatic rings. The molecule has 96 valence electrons. The molecule has 0 spiro atoms. The number of nitrogens with zero attached hydrogens (tertiary/aromatic N) is 2. The maximum Gasteiger partial charge on any atom is 0.134 e. The quantitative estimate of drug-likeness (QED) is 0.819. The topological polar surface area (TPSA) is 73.1 Å². The van der Waals surface area contributed by atoms with E-state index in [0.29, 0.717) is 24.8 Å². The summed E-state index contributed by atoms with van der Waals surface area (Å²) >= 11 is 0. The molecule has 5 heteroatoms. The van der Waals surface area contributed by atoms with Crippen molar-refractivity contribution in [1.82, 2.24) is 9.97 Å². The van der Waals surface area contributed by atoms with Crippen LogP contribution in [-0.2, 0) is 4.74 Å². The van der Waals surface area contributed by atoms with Crippen LogP contribution in [0, 0.1) is 13.8 Å². The van der Waals surface area contributed by atoms with E-state index in [2.05, 4.69) is 15.3 Å². The molecule has 1 rings (SSSR count). The Morgan fingerprint density at radius 1 is 1.29 bits per heavy atom. The number of rotatable bonds is 5. The standard InChI is InChI=1S/C12H22N4O/c1-6-17-12(4,5)7-14-11-8(2)10(13)15-9(3)16-11/h6-7H2,1-5H3,(H3,13,14,15,16). The van der Waals surface area contributed by atoms with Gasteiger partial charge >= 0.3 is 0 Å². The Labute approximate surface area is 103 Å². The summed E-state index contributed by atoms with van der Waals surface area (Å²) < 4.78 is 5.61. The van der Waals surface area contributed by atoms with Crippen molar-refractivity contribution in [2.45, 2.75) is 40.2 Å². The van der Waals surface area contributed by atoms with Gasteiger partial charge in [0.15, 0.2) is 0 Å². The fourth-order valence-electron chi connectivity index (χ4n) is 1.56. The molecule has 0 bridgehead atoms. The molecular weight excluding hydrogens is 216 g/mol. The van der Waals surface area contributed by atoms with Gasteiger partial charge in [0.25, 0.3) is 0 Å². The van der Waals surface area contributed by atoms with E-state index in [1.54, 1.807) is 0 Å². The predicted molar refractivity (Wildman–Crippen MR) is 70.1 cm³/mol. The second-order valence-electron chi connectivity index (χ2n) is 4.68. The van der Waals surface area contributed by atoms with Crippen LogP contribution >= 0.6 is 0 Å². The van der Waals surface area contributed by atoms with Crippen LogP contribution in [0.25, 0.3) is 0 Å². The van der Waals surface area contributed by atoms with Crippen molar-refractivity contribution >= 4 is 11.6 Å². The molecule has 0 fully saturated rings. The van der Waals surface area contributed by atoms with Gasteiger partial charge in [-0.25, -0.2) is 9.97 Å². The molecule has 1 heterocycles. The maximum absolute atomic E-state index is 5.80. The third kappa shape index (κ3) is 3.85. The SMILES string of the molecule is CCOC(C)(C)CNc1nc(C)nc(N)c1C. The first-order valence-corrected chi connectivity index (χ1v) is 5.84. The van der Waals surface area contributed by atoms with Crippen molar-refractivity contribution in [3.05, 3.63) is 11.4 Å². The fraction of sp³-hybridized carbons (Fsp3) is 0.667. The summed E-state index contributed by atoms with van der Waals surface area (Å²) in [5, 5.41) is 3.26. The van der Waals surface area contributed by atoms with Crippen LogP contribution in [0.1, 0.15) is 32.2 Å². The van der Waals surface area contributed by atoms with Gasteiger partial charge in [-0.1, -0.05) is 0 Å². The van der Waals surface area contributed by atoms with E-state index in [9.17, 15) is 0 Å². The lowest BCUT2D eigenvalue weighted by Crippen LogP contribution is -2.33. The summed E-state index contributed by atoms with van der Waals surface area (Å²) in [6, 6.07) is 0. The monoisotopic (exact) mass is 238 g/mol. The molecule has 1 aromatic heterocycles. The summed E-state index contributed by atoms with van der Waals surface area (Å²) in [4.78, 5) is 8.45. The highest BCUT2D eigenvalue weighted by Crippen LogP contribution is 2.18. The van der Waals surface area contributed by atoms with E-state index in [0.717, 1.165) is 11.4 Å². The van der Waals surface area contributed by atoms with Crippen molar-refractivity contribution in [2.24, 2.45) is 0 Å². The Morgan fingerprint density at radius 3 is 2.53 bits per heavy atom. The summed E-state index contributed by atoms with van der Waals surface area (Å²) in [5.41, 5.74) is 6.45. The van der Waals surface area contributed by atoms with E-state index in [4.69, 9.17) is 10.5 Å². The minimum atomic E-state index is -0.227. The largest absolute Gasteiger partial charge is 0.383 e. The highest BCUT2D eigenvalue weighted by molar-refractivity contribution is 5.54. The molecule has 3 N–H and O–H groups in total. The third-order valence-electron chi connectivity index (χ3n) is 2.51. The number of nitrogens with two attached hydrogens (primary N) is 1. The second kappa shape index (κ2) is 5.31. The highest BCUT2D eigenvalue weighted by atomic mass is 16.5. The first-order valence-electron chi connectivity index (χ1n) is 5.84. The van der Waals surface area contributed by atoms with E-state index in [-0.39, 0.29) is 5.60 Å². The number of nitrogens with one attached hydrogen (secondary N) is 1. The Balaban J connectivity index is 2.76. The smallest absolute Gasteiger partial charge is 0.134 e. The van der Waals surface area contributed by atoms with E-state index in [1.165, 1.54) is 0 Å². The lowest BCUT2D eigenvalue weighted by molar-refractivity contribution is 0.000632. The van der Waals surface area contributed by atoms with Crippen molar-refractivity contribution in [2.75, 3.05) is 24.2 Å². The molecule has 0 aliphatic heterocycles. The second-order valence-corrected chi connectivity index (χ2v) is 4.68. The number of ether oxygens (including phenoxy) is 1. The zero-order valence-corrected chi connectivity index (χ0v) is 11.3. The van der Waals surface area contributed by atoms with Gasteiger partial charge in [0.1, 0.15) is 17.5 Å². The summed E-state index contributed by atoms with van der Waals surface area (Å²) in [7, 11) is 0. The van der Waals surface area contributed by atoms with Crippen LogP contribution in [0.2, 0.25) is 0 Å². The highest BCUT2D eigenvalue weighted by Gasteiger charge is 2.18. The average Bonchev–Trinajstić information content (AvgIpc) is 2.21. The van der Waals surface area contributed by atoms with Gasteiger partial charge in [-0.05, 0) is 34.6 Å². The number of aryl methyl sites for hydroxylation is 1. The van der Waals surface area contributed by atoms with Gasteiger partial charge in [0.2, 0.25) is 0 Å². The maximum atomic E-state index is 5.80. The van der Waals surface area contributed by atoms with E-state index in [1.807, 2.05) is 34.6 Å². The minimum absolute atomic E-state index is 0.227. The third-order valence-corrected chi connectivity index (χ3v) is 2.51. The van der Waals surface area contributed by atoms with Crippen LogP contribution in [0.15, 0.2) is 0 Å². The summed E-state index contributed by atoms with van der Waals surface area (Å²) in [6.45, 7) is 11.2. The fourth-order valence-corrected chi connectivity index (χ4v) is 1.56.